The van der Waals surface area contributed by atoms with E-state index in [-0.39, 0.29) is 5.84 Å². The van der Waals surface area contributed by atoms with Crippen molar-refractivity contribution < 1.29 is 5.21 Å². The fourth-order valence-corrected chi connectivity index (χ4v) is 2.29. The van der Waals surface area contributed by atoms with Crippen LogP contribution in [0.5, 0.6) is 0 Å². The predicted octanol–water partition coefficient (Wildman–Crippen LogP) is 3.18. The zero-order chi connectivity index (χ0) is 14.5. The van der Waals surface area contributed by atoms with Crippen molar-refractivity contribution in [2.45, 2.75) is 6.54 Å². The van der Waals surface area contributed by atoms with Gasteiger partial charge in [0.1, 0.15) is 0 Å². The SMILES string of the molecule is CN(Cc1ccc(Br)cc1)c1ccccc1C(N)=NO. The second kappa shape index (κ2) is 6.43. The van der Waals surface area contributed by atoms with Crippen LogP contribution in [-0.2, 0) is 6.54 Å². The number of nitrogens with two attached hydrogens (primary N) is 1. The molecule has 0 saturated heterocycles. The topological polar surface area (TPSA) is 61.8 Å². The quantitative estimate of drug-likeness (QED) is 0.391. The average Bonchev–Trinajstić information content (AvgIpc) is 2.48. The van der Waals surface area contributed by atoms with E-state index < -0.39 is 0 Å². The number of rotatable bonds is 4. The van der Waals surface area contributed by atoms with E-state index in [0.717, 1.165) is 22.3 Å². The summed E-state index contributed by atoms with van der Waals surface area (Å²) in [5.41, 5.74) is 8.54. The Bertz CT molecular complexity index is 611. The van der Waals surface area contributed by atoms with Crippen molar-refractivity contribution in [3.8, 4) is 0 Å². The summed E-state index contributed by atoms with van der Waals surface area (Å²) in [6.45, 7) is 0.739. The Kier molecular flexibility index (Phi) is 4.63. The van der Waals surface area contributed by atoms with Gasteiger partial charge in [-0.25, -0.2) is 0 Å². The number of oxime groups is 1. The largest absolute Gasteiger partial charge is 0.409 e. The molecule has 2 aromatic carbocycles. The summed E-state index contributed by atoms with van der Waals surface area (Å²) in [6.07, 6.45) is 0. The molecule has 0 heterocycles. The number of anilines is 1. The van der Waals surface area contributed by atoms with Gasteiger partial charge >= 0.3 is 0 Å². The molecule has 2 aromatic rings. The third-order valence-electron chi connectivity index (χ3n) is 3.03. The smallest absolute Gasteiger partial charge is 0.172 e. The highest BCUT2D eigenvalue weighted by molar-refractivity contribution is 9.10. The normalized spacial score (nSPS) is 11.4. The van der Waals surface area contributed by atoms with Crippen LogP contribution in [0, 0.1) is 0 Å². The Hall–Kier alpha value is -2.01. The number of amidine groups is 1. The summed E-state index contributed by atoms with van der Waals surface area (Å²) in [6, 6.07) is 15.7. The molecule has 0 atom stereocenters. The first-order valence-corrected chi connectivity index (χ1v) is 6.93. The molecule has 0 unspecified atom stereocenters. The molecule has 0 aliphatic rings. The van der Waals surface area contributed by atoms with Gasteiger partial charge in [-0.3, -0.25) is 0 Å². The van der Waals surface area contributed by atoms with Crippen LogP contribution in [0.4, 0.5) is 5.69 Å². The minimum Gasteiger partial charge on any atom is -0.409 e. The second-order valence-corrected chi connectivity index (χ2v) is 5.40. The lowest BCUT2D eigenvalue weighted by molar-refractivity contribution is 0.318. The maximum atomic E-state index is 8.85. The van der Waals surface area contributed by atoms with Gasteiger partial charge in [-0.15, -0.1) is 0 Å². The molecule has 20 heavy (non-hydrogen) atoms. The highest BCUT2D eigenvalue weighted by Gasteiger charge is 2.10. The molecule has 0 saturated carbocycles. The maximum Gasteiger partial charge on any atom is 0.172 e. The average molecular weight is 334 g/mol. The molecule has 0 fully saturated rings. The number of hydrogen-bond donors (Lipinski definition) is 2. The lowest BCUT2D eigenvalue weighted by atomic mass is 10.1. The standard InChI is InChI=1S/C15H16BrN3O/c1-19(10-11-6-8-12(16)9-7-11)14-5-3-2-4-13(14)15(17)18-20/h2-9,20H,10H2,1H3,(H2,17,18). The molecule has 4 nitrogen and oxygen atoms in total. The van der Waals surface area contributed by atoms with Gasteiger partial charge in [0.15, 0.2) is 5.84 Å². The third-order valence-corrected chi connectivity index (χ3v) is 3.56. The zero-order valence-corrected chi connectivity index (χ0v) is 12.7. The second-order valence-electron chi connectivity index (χ2n) is 4.48. The van der Waals surface area contributed by atoms with E-state index in [9.17, 15) is 0 Å². The fourth-order valence-electron chi connectivity index (χ4n) is 2.03. The highest BCUT2D eigenvalue weighted by Crippen LogP contribution is 2.21. The summed E-state index contributed by atoms with van der Waals surface area (Å²) in [7, 11) is 1.98. The fraction of sp³-hybridized carbons (Fsp3) is 0.133. The Morgan fingerprint density at radius 2 is 1.85 bits per heavy atom. The van der Waals surface area contributed by atoms with Crippen LogP contribution in [0.3, 0.4) is 0 Å². The van der Waals surface area contributed by atoms with Gasteiger partial charge in [-0.05, 0) is 29.8 Å². The minimum absolute atomic E-state index is 0.114. The van der Waals surface area contributed by atoms with Crippen molar-refractivity contribution in [3.63, 3.8) is 0 Å². The number of para-hydroxylation sites is 1. The van der Waals surface area contributed by atoms with Gasteiger partial charge in [0.25, 0.3) is 0 Å². The summed E-state index contributed by atoms with van der Waals surface area (Å²) < 4.78 is 1.06. The van der Waals surface area contributed by atoms with Crippen molar-refractivity contribution in [1.29, 1.82) is 0 Å². The van der Waals surface area contributed by atoms with Gasteiger partial charge in [0.2, 0.25) is 0 Å². The molecule has 104 valence electrons. The first kappa shape index (κ1) is 14.4. The van der Waals surface area contributed by atoms with Crippen molar-refractivity contribution >= 4 is 27.5 Å². The monoisotopic (exact) mass is 333 g/mol. The zero-order valence-electron chi connectivity index (χ0n) is 11.1. The molecule has 0 radical (unpaired) electrons. The van der Waals surface area contributed by atoms with Crippen LogP contribution >= 0.6 is 15.9 Å². The van der Waals surface area contributed by atoms with Crippen molar-refractivity contribution in [1.82, 2.24) is 0 Å². The van der Waals surface area contributed by atoms with E-state index in [1.807, 2.05) is 43.4 Å². The predicted molar refractivity (Wildman–Crippen MR) is 85.2 cm³/mol. The van der Waals surface area contributed by atoms with Crippen LogP contribution in [0.15, 0.2) is 58.2 Å². The first-order chi connectivity index (χ1) is 9.61. The third kappa shape index (κ3) is 3.30. The maximum absolute atomic E-state index is 8.85. The lowest BCUT2D eigenvalue weighted by Crippen LogP contribution is -2.22. The molecule has 0 aliphatic heterocycles. The number of benzene rings is 2. The molecule has 0 aromatic heterocycles. The Balaban J connectivity index is 2.25. The molecule has 5 heteroatoms. The molecule has 0 amide bonds. The van der Waals surface area contributed by atoms with Crippen molar-refractivity contribution in [2.24, 2.45) is 10.9 Å². The number of halogens is 1. The molecule has 3 N–H and O–H groups in total. The van der Waals surface area contributed by atoms with Gasteiger partial charge in [-0.2, -0.15) is 0 Å². The van der Waals surface area contributed by atoms with Gasteiger partial charge < -0.3 is 15.8 Å². The van der Waals surface area contributed by atoms with E-state index in [4.69, 9.17) is 10.9 Å². The van der Waals surface area contributed by atoms with Crippen LogP contribution in [0.1, 0.15) is 11.1 Å². The molecule has 0 bridgehead atoms. The van der Waals surface area contributed by atoms with Gasteiger partial charge in [0, 0.05) is 29.3 Å². The summed E-state index contributed by atoms with van der Waals surface area (Å²) >= 11 is 3.42. The van der Waals surface area contributed by atoms with E-state index in [1.54, 1.807) is 0 Å². The first-order valence-electron chi connectivity index (χ1n) is 6.14. The highest BCUT2D eigenvalue weighted by atomic mass is 79.9. The molecular weight excluding hydrogens is 318 g/mol. The Morgan fingerprint density at radius 1 is 1.20 bits per heavy atom. The summed E-state index contributed by atoms with van der Waals surface area (Å²) in [5, 5.41) is 11.9. The summed E-state index contributed by atoms with van der Waals surface area (Å²) in [4.78, 5) is 2.07. The van der Waals surface area contributed by atoms with E-state index in [2.05, 4.69) is 38.1 Å². The minimum atomic E-state index is 0.114. The molecule has 2 rings (SSSR count). The van der Waals surface area contributed by atoms with Crippen LogP contribution in [0.25, 0.3) is 0 Å². The van der Waals surface area contributed by atoms with E-state index >= 15 is 0 Å². The van der Waals surface area contributed by atoms with Crippen molar-refractivity contribution in [3.05, 3.63) is 64.1 Å². The number of nitrogens with zero attached hydrogens (tertiary/aromatic N) is 2. The van der Waals surface area contributed by atoms with Crippen LogP contribution in [0.2, 0.25) is 0 Å². The molecular formula is C15H16BrN3O. The van der Waals surface area contributed by atoms with E-state index in [0.29, 0.717) is 0 Å². The van der Waals surface area contributed by atoms with Gasteiger partial charge in [0.05, 0.1) is 0 Å². The van der Waals surface area contributed by atoms with Gasteiger partial charge in [-0.1, -0.05) is 45.4 Å². The van der Waals surface area contributed by atoms with Crippen LogP contribution in [-0.4, -0.2) is 18.1 Å². The molecule has 0 aliphatic carbocycles. The van der Waals surface area contributed by atoms with Crippen LogP contribution < -0.4 is 10.6 Å². The number of hydrogen-bond acceptors (Lipinski definition) is 3. The molecule has 0 spiro atoms. The Morgan fingerprint density at radius 3 is 2.50 bits per heavy atom. The van der Waals surface area contributed by atoms with Crippen molar-refractivity contribution in [2.75, 3.05) is 11.9 Å². The summed E-state index contributed by atoms with van der Waals surface area (Å²) in [5.74, 6) is 0.114. The van der Waals surface area contributed by atoms with E-state index in [1.165, 1.54) is 5.56 Å². The Labute approximate surface area is 126 Å². The lowest BCUT2D eigenvalue weighted by Gasteiger charge is -2.22.